The molecule has 1 aromatic carbocycles. The third kappa shape index (κ3) is 2.88. The number of halogens is 2. The van der Waals surface area contributed by atoms with Gasteiger partial charge in [-0.05, 0) is 30.7 Å². The van der Waals surface area contributed by atoms with E-state index in [4.69, 9.17) is 0 Å². The first-order valence-corrected chi connectivity index (χ1v) is 6.28. The molecule has 2 nitrogen and oxygen atoms in total. The Morgan fingerprint density at radius 2 is 2.11 bits per heavy atom. The van der Waals surface area contributed by atoms with Gasteiger partial charge in [-0.3, -0.25) is 0 Å². The Balaban J connectivity index is 2.24. The van der Waals surface area contributed by atoms with Crippen LogP contribution in [-0.2, 0) is 13.1 Å². The number of rotatable bonds is 6. The van der Waals surface area contributed by atoms with Gasteiger partial charge in [-0.2, -0.15) is 0 Å². The number of fused-ring (bicyclic) bond motifs is 1. The second kappa shape index (κ2) is 5.96. The summed E-state index contributed by atoms with van der Waals surface area (Å²) in [5.41, 5.74) is 2.04. The van der Waals surface area contributed by atoms with E-state index in [0.29, 0.717) is 0 Å². The minimum Gasteiger partial charge on any atom is -0.342 e. The lowest BCUT2D eigenvalue weighted by Crippen LogP contribution is -2.13. The molecule has 1 heterocycles. The molecule has 2 rings (SSSR count). The standard InChI is InChI=1S/C14H18F2N2/c1-2-7-17-9-11-4-3-5-13-12(11)6-8-18(13)10-14(15)16/h3-6,8,14,17H,2,7,9-10H2,1H3. The molecule has 0 spiro atoms. The van der Waals surface area contributed by atoms with E-state index in [-0.39, 0.29) is 6.54 Å². The van der Waals surface area contributed by atoms with Gasteiger partial charge in [0.25, 0.3) is 6.43 Å². The molecule has 0 saturated heterocycles. The van der Waals surface area contributed by atoms with Crippen molar-refractivity contribution in [2.24, 2.45) is 0 Å². The van der Waals surface area contributed by atoms with Crippen LogP contribution in [0.2, 0.25) is 0 Å². The summed E-state index contributed by atoms with van der Waals surface area (Å²) in [5, 5.41) is 4.39. The Kier molecular flexibility index (Phi) is 4.31. The first-order valence-electron chi connectivity index (χ1n) is 6.28. The largest absolute Gasteiger partial charge is 0.342 e. The molecule has 0 aliphatic heterocycles. The molecule has 0 saturated carbocycles. The van der Waals surface area contributed by atoms with Crippen molar-refractivity contribution in [3.05, 3.63) is 36.0 Å². The molecule has 0 fully saturated rings. The number of nitrogens with one attached hydrogen (secondary N) is 1. The van der Waals surface area contributed by atoms with Crippen LogP contribution in [0, 0.1) is 0 Å². The number of hydrogen-bond donors (Lipinski definition) is 1. The van der Waals surface area contributed by atoms with Crippen LogP contribution in [0.1, 0.15) is 18.9 Å². The lowest BCUT2D eigenvalue weighted by atomic mass is 10.1. The van der Waals surface area contributed by atoms with Gasteiger partial charge in [0, 0.05) is 23.6 Å². The van der Waals surface area contributed by atoms with Crippen molar-refractivity contribution >= 4 is 10.9 Å². The van der Waals surface area contributed by atoms with Crippen molar-refractivity contribution in [3.63, 3.8) is 0 Å². The molecule has 1 aromatic heterocycles. The van der Waals surface area contributed by atoms with Gasteiger partial charge in [0.2, 0.25) is 0 Å². The number of benzene rings is 1. The van der Waals surface area contributed by atoms with Crippen molar-refractivity contribution < 1.29 is 8.78 Å². The average Bonchev–Trinajstić information content (AvgIpc) is 2.73. The van der Waals surface area contributed by atoms with Crippen LogP contribution in [0.4, 0.5) is 8.78 Å². The molecular weight excluding hydrogens is 234 g/mol. The zero-order valence-electron chi connectivity index (χ0n) is 10.5. The summed E-state index contributed by atoms with van der Waals surface area (Å²) in [6, 6.07) is 7.77. The van der Waals surface area contributed by atoms with E-state index in [9.17, 15) is 8.78 Å². The fraction of sp³-hybridized carbons (Fsp3) is 0.429. The first-order chi connectivity index (χ1) is 8.72. The smallest absolute Gasteiger partial charge is 0.256 e. The van der Waals surface area contributed by atoms with Crippen LogP contribution >= 0.6 is 0 Å². The maximum atomic E-state index is 12.4. The van der Waals surface area contributed by atoms with Crippen LogP contribution in [-0.4, -0.2) is 17.5 Å². The number of hydrogen-bond acceptors (Lipinski definition) is 1. The average molecular weight is 252 g/mol. The Morgan fingerprint density at radius 1 is 1.28 bits per heavy atom. The van der Waals surface area contributed by atoms with Crippen molar-refractivity contribution in [3.8, 4) is 0 Å². The predicted octanol–water partition coefficient (Wildman–Crippen LogP) is 3.41. The topological polar surface area (TPSA) is 17.0 Å². The fourth-order valence-electron chi connectivity index (χ4n) is 2.15. The van der Waals surface area contributed by atoms with Crippen molar-refractivity contribution in [1.82, 2.24) is 9.88 Å². The van der Waals surface area contributed by atoms with E-state index in [1.54, 1.807) is 10.8 Å². The maximum absolute atomic E-state index is 12.4. The normalized spacial score (nSPS) is 11.6. The van der Waals surface area contributed by atoms with Gasteiger partial charge in [0.15, 0.2) is 0 Å². The van der Waals surface area contributed by atoms with Crippen molar-refractivity contribution in [1.29, 1.82) is 0 Å². The van der Waals surface area contributed by atoms with Crippen LogP contribution in [0.5, 0.6) is 0 Å². The van der Waals surface area contributed by atoms with Gasteiger partial charge < -0.3 is 9.88 Å². The summed E-state index contributed by atoms with van der Waals surface area (Å²) in [6.45, 7) is 3.63. The molecule has 1 N–H and O–H groups in total. The molecular formula is C14H18F2N2. The van der Waals surface area contributed by atoms with Gasteiger partial charge >= 0.3 is 0 Å². The molecule has 0 unspecified atom stereocenters. The molecule has 0 amide bonds. The number of nitrogens with zero attached hydrogens (tertiary/aromatic N) is 1. The van der Waals surface area contributed by atoms with Crippen LogP contribution in [0.15, 0.2) is 30.5 Å². The van der Waals surface area contributed by atoms with Gasteiger partial charge in [-0.25, -0.2) is 8.78 Å². The van der Waals surface area contributed by atoms with E-state index in [0.717, 1.165) is 36.0 Å². The molecule has 0 radical (unpaired) electrons. The molecule has 0 atom stereocenters. The first kappa shape index (κ1) is 13.0. The van der Waals surface area contributed by atoms with Gasteiger partial charge in [-0.15, -0.1) is 0 Å². The van der Waals surface area contributed by atoms with Gasteiger partial charge in [-0.1, -0.05) is 19.1 Å². The fourth-order valence-corrected chi connectivity index (χ4v) is 2.15. The Morgan fingerprint density at radius 3 is 2.83 bits per heavy atom. The van der Waals surface area contributed by atoms with E-state index in [1.807, 2.05) is 24.3 Å². The van der Waals surface area contributed by atoms with Gasteiger partial charge in [0.1, 0.15) is 0 Å². The highest BCUT2D eigenvalue weighted by molar-refractivity contribution is 5.83. The minimum atomic E-state index is -2.32. The molecule has 0 aliphatic rings. The summed E-state index contributed by atoms with van der Waals surface area (Å²) in [5.74, 6) is 0. The second-order valence-corrected chi connectivity index (χ2v) is 4.39. The highest BCUT2D eigenvalue weighted by atomic mass is 19.3. The summed E-state index contributed by atoms with van der Waals surface area (Å²) < 4.78 is 26.5. The quantitative estimate of drug-likeness (QED) is 0.780. The third-order valence-electron chi connectivity index (χ3n) is 2.98. The third-order valence-corrected chi connectivity index (χ3v) is 2.98. The Bertz CT molecular complexity index is 505. The minimum absolute atomic E-state index is 0.241. The zero-order chi connectivity index (χ0) is 13.0. The summed E-state index contributed by atoms with van der Waals surface area (Å²) in [6.07, 6.45) is 0.505. The highest BCUT2D eigenvalue weighted by Crippen LogP contribution is 2.21. The second-order valence-electron chi connectivity index (χ2n) is 4.39. The van der Waals surface area contributed by atoms with Crippen LogP contribution < -0.4 is 5.32 Å². The predicted molar refractivity (Wildman–Crippen MR) is 69.9 cm³/mol. The molecule has 0 bridgehead atoms. The molecule has 4 heteroatoms. The van der Waals surface area contributed by atoms with Crippen molar-refractivity contribution in [2.45, 2.75) is 32.9 Å². The number of alkyl halides is 2. The molecule has 98 valence electrons. The summed E-state index contributed by atoms with van der Waals surface area (Å²) in [7, 11) is 0. The number of aromatic nitrogens is 1. The lowest BCUT2D eigenvalue weighted by molar-refractivity contribution is 0.128. The van der Waals surface area contributed by atoms with E-state index in [1.165, 1.54) is 0 Å². The van der Waals surface area contributed by atoms with E-state index < -0.39 is 6.43 Å². The Hall–Kier alpha value is -1.42. The van der Waals surface area contributed by atoms with Gasteiger partial charge in [0.05, 0.1) is 6.54 Å². The lowest BCUT2D eigenvalue weighted by Gasteiger charge is -2.07. The van der Waals surface area contributed by atoms with Crippen molar-refractivity contribution in [2.75, 3.05) is 6.54 Å². The summed E-state index contributed by atoms with van der Waals surface area (Å²) in [4.78, 5) is 0. The van der Waals surface area contributed by atoms with E-state index >= 15 is 0 Å². The van der Waals surface area contributed by atoms with Crippen LogP contribution in [0.25, 0.3) is 10.9 Å². The Labute approximate surface area is 106 Å². The van der Waals surface area contributed by atoms with E-state index in [2.05, 4.69) is 12.2 Å². The monoisotopic (exact) mass is 252 g/mol. The molecule has 2 aromatic rings. The SMILES string of the molecule is CCCNCc1cccc2c1ccn2CC(F)F. The van der Waals surface area contributed by atoms with Crippen LogP contribution in [0.3, 0.4) is 0 Å². The zero-order valence-corrected chi connectivity index (χ0v) is 10.5. The maximum Gasteiger partial charge on any atom is 0.256 e. The summed E-state index contributed by atoms with van der Waals surface area (Å²) >= 11 is 0. The molecule has 18 heavy (non-hydrogen) atoms. The highest BCUT2D eigenvalue weighted by Gasteiger charge is 2.09. The molecule has 0 aliphatic carbocycles.